The maximum atomic E-state index is 10.2. The Balaban J connectivity index is -0.000000245. The molecule has 0 fully saturated rings. The van der Waals surface area contributed by atoms with Crippen LogP contribution in [0.5, 0.6) is 11.5 Å². The molecule has 1 aromatic carbocycles. The van der Waals surface area contributed by atoms with Crippen molar-refractivity contribution in [3.05, 3.63) is 24.3 Å². The molecule has 0 aromatic heterocycles. The van der Waals surface area contributed by atoms with E-state index < -0.39 is 22.7 Å². The van der Waals surface area contributed by atoms with Crippen LogP contribution >= 0.6 is 0 Å². The van der Waals surface area contributed by atoms with E-state index in [2.05, 4.69) is 8.37 Å². The molecule has 0 heterocycles. The van der Waals surface area contributed by atoms with Gasteiger partial charge in [-0.2, -0.15) is 8.42 Å². The Bertz CT molecular complexity index is 327. The predicted molar refractivity (Wildman–Crippen MR) is 77.8 cm³/mol. The van der Waals surface area contributed by atoms with E-state index in [0.29, 0.717) is 0 Å². The zero-order valence-corrected chi connectivity index (χ0v) is 8.29. The third-order valence-electron chi connectivity index (χ3n) is 1.16. The van der Waals surface area contributed by atoms with Gasteiger partial charge >= 0.3 is 141 Å². The molecule has 86 valence electrons. The summed E-state index contributed by atoms with van der Waals surface area (Å²) in [5, 5.41) is 0. The Hall–Kier alpha value is 3.04. The van der Waals surface area contributed by atoms with Crippen LogP contribution in [0.4, 0.5) is 0 Å². The second-order valence-electron chi connectivity index (χ2n) is 2.07. The van der Waals surface area contributed by atoms with Crippen LogP contribution in [0.15, 0.2) is 24.3 Å². The van der Waals surface area contributed by atoms with Crippen LogP contribution in [0.1, 0.15) is 0 Å². The molecule has 2 unspecified atom stereocenters. The van der Waals surface area contributed by atoms with Gasteiger partial charge in [-0.05, 0) is 24.3 Å². The van der Waals surface area contributed by atoms with Crippen molar-refractivity contribution in [2.24, 2.45) is 0 Å². The van der Waals surface area contributed by atoms with Crippen LogP contribution in [0.25, 0.3) is 0 Å². The Morgan fingerprint density at radius 2 is 0.944 bits per heavy atom. The third-order valence-corrected chi connectivity index (χ3v) is 1.83. The molecule has 0 saturated carbocycles. The van der Waals surface area contributed by atoms with E-state index in [0.717, 1.165) is 0 Å². The number of hydrogen-bond donors (Lipinski definition) is 2. The minimum atomic E-state index is -2.38. The van der Waals surface area contributed by atoms with Crippen molar-refractivity contribution in [2.45, 2.75) is 0 Å². The first kappa shape index (κ1) is 29.1. The molecule has 18 heavy (non-hydrogen) atoms. The molecular formula is C6H10Na4O6S2. The van der Waals surface area contributed by atoms with Gasteiger partial charge in [0.25, 0.3) is 0 Å². The average Bonchev–Trinajstić information content (AvgIpc) is 2.06. The summed E-state index contributed by atoms with van der Waals surface area (Å²) in [6.45, 7) is 0. The molecule has 0 saturated heterocycles. The van der Waals surface area contributed by atoms with Crippen molar-refractivity contribution >= 4 is 141 Å². The fraction of sp³-hybridized carbons (Fsp3) is 0. The topological polar surface area (TPSA) is 93.1 Å². The number of hydrogen-bond acceptors (Lipinski definition) is 4. The second kappa shape index (κ2) is 16.4. The SMILES string of the molecule is O=S(O)Oc1ccc(OS(=O)O)cc1.[NaH].[NaH].[NaH].[NaH]. The van der Waals surface area contributed by atoms with Crippen molar-refractivity contribution in [3.63, 3.8) is 0 Å². The van der Waals surface area contributed by atoms with Crippen molar-refractivity contribution in [1.29, 1.82) is 0 Å². The van der Waals surface area contributed by atoms with E-state index >= 15 is 0 Å². The summed E-state index contributed by atoms with van der Waals surface area (Å²) in [7, 11) is 0. The van der Waals surface area contributed by atoms with Gasteiger partial charge in [-0.25, -0.2) is 0 Å². The Kier molecular flexibility index (Phi) is 26.5. The molecule has 1 rings (SSSR count). The van der Waals surface area contributed by atoms with Crippen molar-refractivity contribution in [3.8, 4) is 11.5 Å². The van der Waals surface area contributed by atoms with E-state index in [1.165, 1.54) is 24.3 Å². The first-order valence-corrected chi connectivity index (χ1v) is 5.33. The normalized spacial score (nSPS) is 11.2. The van der Waals surface area contributed by atoms with Gasteiger partial charge in [0.15, 0.2) is 0 Å². The van der Waals surface area contributed by atoms with E-state index in [1.807, 2.05) is 0 Å². The molecule has 0 bridgehead atoms. The van der Waals surface area contributed by atoms with Gasteiger partial charge < -0.3 is 8.37 Å². The van der Waals surface area contributed by atoms with Gasteiger partial charge in [-0.3, -0.25) is 9.11 Å². The van der Waals surface area contributed by atoms with E-state index in [9.17, 15) is 8.42 Å². The standard InChI is InChI=1S/C6H6O6S2.4Na.4H/c7-13(8)11-5-1-2-6(4-3-5)12-14(9)10;;;;;;;;/h1-4H,(H,7,8)(H,9,10);;;;;;;;. The average molecular weight is 334 g/mol. The van der Waals surface area contributed by atoms with Crippen LogP contribution < -0.4 is 8.37 Å². The zero-order chi connectivity index (χ0) is 10.6. The van der Waals surface area contributed by atoms with Crippen molar-refractivity contribution < 1.29 is 25.9 Å². The van der Waals surface area contributed by atoms with Crippen molar-refractivity contribution in [2.75, 3.05) is 0 Å². The summed E-state index contributed by atoms with van der Waals surface area (Å²) < 4.78 is 45.9. The van der Waals surface area contributed by atoms with Gasteiger partial charge in [-0.1, -0.05) is 0 Å². The van der Waals surface area contributed by atoms with E-state index in [1.54, 1.807) is 0 Å². The second-order valence-corrected chi connectivity index (χ2v) is 3.27. The molecule has 2 atom stereocenters. The molecule has 2 N–H and O–H groups in total. The molecule has 0 radical (unpaired) electrons. The molecule has 12 heteroatoms. The Morgan fingerprint density at radius 3 is 1.11 bits per heavy atom. The van der Waals surface area contributed by atoms with Gasteiger partial charge in [0.2, 0.25) is 0 Å². The molecular weight excluding hydrogens is 324 g/mol. The molecule has 0 spiro atoms. The van der Waals surface area contributed by atoms with Gasteiger partial charge in [0, 0.05) is 0 Å². The van der Waals surface area contributed by atoms with Crippen molar-refractivity contribution in [1.82, 2.24) is 0 Å². The predicted octanol–water partition coefficient (Wildman–Crippen LogP) is -1.88. The fourth-order valence-corrected chi connectivity index (χ4v) is 1.27. The Morgan fingerprint density at radius 1 is 0.722 bits per heavy atom. The fourth-order valence-electron chi connectivity index (χ4n) is 0.715. The molecule has 6 nitrogen and oxygen atoms in total. The quantitative estimate of drug-likeness (QED) is 0.495. The maximum absolute atomic E-state index is 10.2. The molecule has 1 aromatic rings. The zero-order valence-electron chi connectivity index (χ0n) is 6.65. The summed E-state index contributed by atoms with van der Waals surface area (Å²) in [6.07, 6.45) is 0. The minimum absolute atomic E-state index is 0. The first-order chi connectivity index (χ1) is 6.58. The summed E-state index contributed by atoms with van der Waals surface area (Å²) >= 11 is -4.77. The summed E-state index contributed by atoms with van der Waals surface area (Å²) in [5.41, 5.74) is 0. The van der Waals surface area contributed by atoms with Crippen LogP contribution in [0, 0.1) is 0 Å². The van der Waals surface area contributed by atoms with Gasteiger partial charge in [0.05, 0.1) is 0 Å². The summed E-state index contributed by atoms with van der Waals surface area (Å²) in [5.74, 6) is 0.309. The summed E-state index contributed by atoms with van der Waals surface area (Å²) in [4.78, 5) is 0. The van der Waals surface area contributed by atoms with Gasteiger partial charge in [-0.15, -0.1) is 0 Å². The van der Waals surface area contributed by atoms with Crippen LogP contribution in [0.2, 0.25) is 0 Å². The van der Waals surface area contributed by atoms with E-state index in [-0.39, 0.29) is 130 Å². The molecule has 0 aliphatic heterocycles. The van der Waals surface area contributed by atoms with E-state index in [4.69, 9.17) is 9.11 Å². The monoisotopic (exact) mass is 334 g/mol. The van der Waals surface area contributed by atoms with Crippen LogP contribution in [-0.4, -0.2) is 136 Å². The third kappa shape index (κ3) is 14.0. The summed E-state index contributed by atoms with van der Waals surface area (Å²) in [6, 6.07) is 5.32. The molecule has 0 amide bonds. The number of benzene rings is 1. The molecule has 0 aliphatic carbocycles. The van der Waals surface area contributed by atoms with Gasteiger partial charge in [0.1, 0.15) is 11.5 Å². The van der Waals surface area contributed by atoms with Crippen LogP contribution in [0.3, 0.4) is 0 Å². The van der Waals surface area contributed by atoms with Crippen LogP contribution in [-0.2, 0) is 22.7 Å². The molecule has 0 aliphatic rings. The first-order valence-electron chi connectivity index (χ1n) is 3.26. The Labute approximate surface area is 198 Å². The number of rotatable bonds is 4.